The van der Waals surface area contributed by atoms with Crippen molar-refractivity contribution in [1.82, 2.24) is 19.7 Å². The molecule has 2 aromatic carbocycles. The highest BCUT2D eigenvalue weighted by atomic mass is 16.5. The number of hydrogen-bond donors (Lipinski definition) is 0. The van der Waals surface area contributed by atoms with E-state index in [0.717, 1.165) is 65.0 Å². The van der Waals surface area contributed by atoms with Gasteiger partial charge in [-0.25, -0.2) is 0 Å². The molecule has 0 radical (unpaired) electrons. The molecule has 3 aliphatic heterocycles. The number of nitrogens with zero attached hydrogens (tertiary/aromatic N) is 5. The summed E-state index contributed by atoms with van der Waals surface area (Å²) in [6.07, 6.45) is 4.59. The molecule has 0 bridgehead atoms. The van der Waals surface area contributed by atoms with Crippen LogP contribution in [0.5, 0.6) is 5.75 Å². The predicted molar refractivity (Wildman–Crippen MR) is 118 cm³/mol. The summed E-state index contributed by atoms with van der Waals surface area (Å²) in [6.45, 7) is 3.03. The molecule has 0 spiro atoms. The van der Waals surface area contributed by atoms with Gasteiger partial charge in [0.15, 0.2) is 5.82 Å². The molecule has 0 fully saturated rings. The van der Waals surface area contributed by atoms with Crippen LogP contribution >= 0.6 is 0 Å². The Hall–Kier alpha value is -3.35. The van der Waals surface area contributed by atoms with Crippen LogP contribution in [0.25, 0.3) is 11.4 Å². The van der Waals surface area contributed by atoms with Gasteiger partial charge in [0.25, 0.3) is 5.91 Å². The zero-order valence-electron chi connectivity index (χ0n) is 17.7. The van der Waals surface area contributed by atoms with Crippen LogP contribution in [-0.2, 0) is 19.5 Å². The molecule has 0 atom stereocenters. The number of ether oxygens (including phenoxy) is 1. The third-order valence-corrected chi connectivity index (χ3v) is 6.58. The maximum Gasteiger partial charge on any atom is 0.254 e. The largest absolute Gasteiger partial charge is 0.490 e. The highest BCUT2D eigenvalue weighted by Crippen LogP contribution is 2.40. The molecule has 4 heterocycles. The SMILES string of the molecule is CN1Cc2cc(N3CCOc4cc(-c5nnc6n5CCCCC6)ccc43)ccc2C1=O. The van der Waals surface area contributed by atoms with Gasteiger partial charge in [0.2, 0.25) is 0 Å². The molecule has 0 aliphatic carbocycles. The molecule has 0 saturated carbocycles. The first-order valence-electron chi connectivity index (χ1n) is 11.0. The smallest absolute Gasteiger partial charge is 0.254 e. The van der Waals surface area contributed by atoms with Gasteiger partial charge in [-0.3, -0.25) is 4.79 Å². The number of carbonyl (C=O) groups is 1. The van der Waals surface area contributed by atoms with Gasteiger partial charge in [0, 0.05) is 43.4 Å². The number of carbonyl (C=O) groups excluding carboxylic acids is 1. The van der Waals surface area contributed by atoms with Crippen molar-refractivity contribution >= 4 is 17.3 Å². The van der Waals surface area contributed by atoms with E-state index in [1.54, 1.807) is 4.90 Å². The first-order valence-corrected chi connectivity index (χ1v) is 11.0. The number of amides is 1. The predicted octanol–water partition coefficient (Wildman–Crippen LogP) is 3.79. The normalized spacial score (nSPS) is 17.6. The Morgan fingerprint density at radius 2 is 1.94 bits per heavy atom. The van der Waals surface area contributed by atoms with Crippen LogP contribution in [0.2, 0.25) is 0 Å². The average Bonchev–Trinajstić information content (AvgIpc) is 3.22. The van der Waals surface area contributed by atoms with Crippen LogP contribution < -0.4 is 9.64 Å². The van der Waals surface area contributed by atoms with Crippen molar-refractivity contribution in [2.24, 2.45) is 0 Å². The van der Waals surface area contributed by atoms with E-state index in [9.17, 15) is 4.79 Å². The summed E-state index contributed by atoms with van der Waals surface area (Å²) in [7, 11) is 1.85. The van der Waals surface area contributed by atoms with Crippen LogP contribution in [-0.4, -0.2) is 45.8 Å². The quantitative estimate of drug-likeness (QED) is 0.637. The van der Waals surface area contributed by atoms with Crippen molar-refractivity contribution in [2.75, 3.05) is 25.1 Å². The van der Waals surface area contributed by atoms with Gasteiger partial charge in [0.05, 0.1) is 12.2 Å². The van der Waals surface area contributed by atoms with E-state index in [0.29, 0.717) is 13.2 Å². The third-order valence-electron chi connectivity index (χ3n) is 6.58. The highest BCUT2D eigenvalue weighted by Gasteiger charge is 2.27. The summed E-state index contributed by atoms with van der Waals surface area (Å²) in [5, 5.41) is 8.94. The summed E-state index contributed by atoms with van der Waals surface area (Å²) >= 11 is 0. The van der Waals surface area contributed by atoms with E-state index in [1.807, 2.05) is 19.2 Å². The zero-order valence-corrected chi connectivity index (χ0v) is 17.7. The summed E-state index contributed by atoms with van der Waals surface area (Å²) in [5.74, 6) is 2.98. The Kier molecular flexibility index (Phi) is 4.23. The fourth-order valence-electron chi connectivity index (χ4n) is 4.95. The van der Waals surface area contributed by atoms with Gasteiger partial charge in [-0.1, -0.05) is 6.42 Å². The Morgan fingerprint density at radius 1 is 1.00 bits per heavy atom. The molecule has 158 valence electrons. The van der Waals surface area contributed by atoms with Crippen LogP contribution in [0, 0.1) is 0 Å². The maximum atomic E-state index is 12.2. The Morgan fingerprint density at radius 3 is 2.87 bits per heavy atom. The lowest BCUT2D eigenvalue weighted by atomic mass is 10.1. The maximum absolute atomic E-state index is 12.2. The van der Waals surface area contributed by atoms with Crippen molar-refractivity contribution in [3.05, 3.63) is 53.3 Å². The lowest BCUT2D eigenvalue weighted by molar-refractivity contribution is 0.0816. The second-order valence-electron chi connectivity index (χ2n) is 8.59. The van der Waals surface area contributed by atoms with Crippen molar-refractivity contribution in [2.45, 2.75) is 38.8 Å². The number of benzene rings is 2. The Bertz CT molecular complexity index is 1180. The fourth-order valence-corrected chi connectivity index (χ4v) is 4.95. The van der Waals surface area contributed by atoms with Gasteiger partial charge in [-0.05, 0) is 54.8 Å². The van der Waals surface area contributed by atoms with E-state index >= 15 is 0 Å². The molecule has 7 nitrogen and oxygen atoms in total. The monoisotopic (exact) mass is 415 g/mol. The first kappa shape index (κ1) is 18.4. The van der Waals surface area contributed by atoms with Gasteiger partial charge in [-0.15, -0.1) is 10.2 Å². The van der Waals surface area contributed by atoms with E-state index in [1.165, 1.54) is 19.3 Å². The minimum Gasteiger partial charge on any atom is -0.490 e. The lowest BCUT2D eigenvalue weighted by Gasteiger charge is -2.32. The third kappa shape index (κ3) is 2.99. The van der Waals surface area contributed by atoms with E-state index in [-0.39, 0.29) is 5.91 Å². The number of aromatic nitrogens is 3. The number of anilines is 2. The topological polar surface area (TPSA) is 63.5 Å². The standard InChI is InChI=1S/C24H25N5O2/c1-27-15-17-13-18(7-8-19(17)24(27)30)28-11-12-31-21-14-16(6-9-20(21)28)23-26-25-22-5-3-2-4-10-29(22)23/h6-9,13-14H,2-5,10-12,15H2,1H3. The number of fused-ring (bicyclic) bond motifs is 3. The van der Waals surface area contributed by atoms with E-state index in [4.69, 9.17) is 4.74 Å². The van der Waals surface area contributed by atoms with Crippen LogP contribution in [0.15, 0.2) is 36.4 Å². The molecular formula is C24H25N5O2. The van der Waals surface area contributed by atoms with Crippen molar-refractivity contribution in [1.29, 1.82) is 0 Å². The Labute approximate surface area is 181 Å². The second-order valence-corrected chi connectivity index (χ2v) is 8.59. The van der Waals surface area contributed by atoms with Crippen LogP contribution in [0.1, 0.15) is 41.0 Å². The molecule has 0 saturated heterocycles. The van der Waals surface area contributed by atoms with Gasteiger partial charge in [0.1, 0.15) is 18.2 Å². The van der Waals surface area contributed by atoms with Gasteiger partial charge < -0.3 is 19.1 Å². The van der Waals surface area contributed by atoms with Crippen LogP contribution in [0.3, 0.4) is 0 Å². The molecule has 6 rings (SSSR count). The fraction of sp³-hybridized carbons (Fsp3) is 0.375. The molecule has 31 heavy (non-hydrogen) atoms. The van der Waals surface area contributed by atoms with E-state index < -0.39 is 0 Å². The number of aryl methyl sites for hydroxylation is 1. The molecular weight excluding hydrogens is 390 g/mol. The summed E-state index contributed by atoms with van der Waals surface area (Å²) in [5.41, 5.74) is 5.07. The first-order chi connectivity index (χ1) is 15.2. The summed E-state index contributed by atoms with van der Waals surface area (Å²) in [6, 6.07) is 12.5. The molecule has 1 amide bonds. The lowest BCUT2D eigenvalue weighted by Crippen LogP contribution is -2.28. The summed E-state index contributed by atoms with van der Waals surface area (Å²) < 4.78 is 8.32. The Balaban J connectivity index is 1.35. The molecule has 3 aromatic rings. The molecule has 0 N–H and O–H groups in total. The molecule has 0 unspecified atom stereocenters. The van der Waals surface area contributed by atoms with Crippen molar-refractivity contribution in [3.63, 3.8) is 0 Å². The van der Waals surface area contributed by atoms with Crippen molar-refractivity contribution < 1.29 is 9.53 Å². The van der Waals surface area contributed by atoms with Crippen molar-refractivity contribution in [3.8, 4) is 17.1 Å². The highest BCUT2D eigenvalue weighted by molar-refractivity contribution is 5.98. The minimum atomic E-state index is 0.0982. The number of rotatable bonds is 2. The minimum absolute atomic E-state index is 0.0982. The van der Waals surface area contributed by atoms with E-state index in [2.05, 4.69) is 43.9 Å². The van der Waals surface area contributed by atoms with Gasteiger partial charge >= 0.3 is 0 Å². The van der Waals surface area contributed by atoms with Crippen LogP contribution in [0.4, 0.5) is 11.4 Å². The second kappa shape index (κ2) is 7.11. The summed E-state index contributed by atoms with van der Waals surface area (Å²) in [4.78, 5) is 16.3. The molecule has 7 heteroatoms. The van der Waals surface area contributed by atoms with Gasteiger partial charge in [-0.2, -0.15) is 0 Å². The number of hydrogen-bond acceptors (Lipinski definition) is 5. The molecule has 3 aliphatic rings. The zero-order chi connectivity index (χ0) is 20.9. The molecule has 1 aromatic heterocycles. The average molecular weight is 415 g/mol.